The zero-order valence-corrected chi connectivity index (χ0v) is 15.0. The van der Waals surface area contributed by atoms with Gasteiger partial charge in [0.25, 0.3) is 0 Å². The van der Waals surface area contributed by atoms with Gasteiger partial charge < -0.3 is 10.2 Å². The van der Waals surface area contributed by atoms with Gasteiger partial charge in [-0.05, 0) is 57.9 Å². The molecule has 0 fully saturated rings. The van der Waals surface area contributed by atoms with E-state index in [0.717, 1.165) is 24.3 Å². The van der Waals surface area contributed by atoms with Crippen LogP contribution in [0.4, 0.5) is 13.2 Å². The third-order valence-corrected chi connectivity index (χ3v) is 5.50. The summed E-state index contributed by atoms with van der Waals surface area (Å²) in [5.74, 6) is -1.05. The fourth-order valence-corrected chi connectivity index (χ4v) is 3.65. The number of halogens is 4. The molecule has 0 saturated heterocycles. The maximum atomic E-state index is 12.8. The van der Waals surface area contributed by atoms with E-state index in [-0.39, 0.29) is 10.0 Å². The van der Waals surface area contributed by atoms with Crippen molar-refractivity contribution in [3.8, 4) is 17.6 Å². The first-order valence-corrected chi connectivity index (χ1v) is 9.00. The zero-order valence-electron chi connectivity index (χ0n) is 12.6. The number of aromatic hydroxyl groups is 2. The number of nitriles is 1. The Bertz CT molecular complexity index is 1020. The minimum atomic E-state index is -4.74. The second-order valence-electron chi connectivity index (χ2n) is 5.02. The molecule has 0 radical (unpaired) electrons. The Morgan fingerprint density at radius 1 is 1.19 bits per heavy atom. The van der Waals surface area contributed by atoms with Gasteiger partial charge >= 0.3 is 6.18 Å². The summed E-state index contributed by atoms with van der Waals surface area (Å²) >= 11 is 2.94. The van der Waals surface area contributed by atoms with Gasteiger partial charge in [-0.25, -0.2) is 8.42 Å². The smallest absolute Gasteiger partial charge is 0.416 e. The van der Waals surface area contributed by atoms with Gasteiger partial charge in [-0.2, -0.15) is 18.4 Å². The van der Waals surface area contributed by atoms with Crippen molar-refractivity contribution < 1.29 is 31.8 Å². The largest absolute Gasteiger partial charge is 0.504 e. The second kappa shape index (κ2) is 7.01. The lowest BCUT2D eigenvalue weighted by Gasteiger charge is -2.09. The van der Waals surface area contributed by atoms with Gasteiger partial charge in [0.1, 0.15) is 11.0 Å². The average Bonchev–Trinajstić information content (AvgIpc) is 2.56. The number of nitrogens with zero attached hydrogens (tertiary/aromatic N) is 1. The van der Waals surface area contributed by atoms with Gasteiger partial charge in [0.15, 0.2) is 11.5 Å². The van der Waals surface area contributed by atoms with E-state index in [9.17, 15) is 31.8 Å². The molecule has 0 atom stereocenters. The first-order valence-electron chi connectivity index (χ1n) is 6.72. The molecule has 0 aromatic heterocycles. The van der Waals surface area contributed by atoms with Crippen LogP contribution in [0.1, 0.15) is 11.1 Å². The highest BCUT2D eigenvalue weighted by Gasteiger charge is 2.32. The van der Waals surface area contributed by atoms with E-state index in [2.05, 4.69) is 15.9 Å². The first kappa shape index (κ1) is 19.8. The summed E-state index contributed by atoms with van der Waals surface area (Å²) < 4.78 is 63.4. The number of allylic oxidation sites excluding steroid dienone is 1. The van der Waals surface area contributed by atoms with Crippen molar-refractivity contribution in [1.82, 2.24) is 0 Å². The van der Waals surface area contributed by atoms with E-state index in [1.165, 1.54) is 12.1 Å². The molecule has 2 aromatic rings. The van der Waals surface area contributed by atoms with Crippen LogP contribution in [0.25, 0.3) is 6.08 Å². The normalized spacial score (nSPS) is 12.7. The number of phenolic OH excluding ortho intramolecular Hbond substituents is 2. The lowest BCUT2D eigenvalue weighted by atomic mass is 10.2. The predicted octanol–water partition coefficient (Wildman–Crippen LogP) is 4.22. The Kier molecular flexibility index (Phi) is 5.34. The molecule has 0 saturated carbocycles. The number of hydrogen-bond acceptors (Lipinski definition) is 5. The number of alkyl halides is 3. The van der Waals surface area contributed by atoms with E-state index in [4.69, 9.17) is 5.26 Å². The van der Waals surface area contributed by atoms with Crippen LogP contribution < -0.4 is 0 Å². The number of benzene rings is 2. The van der Waals surface area contributed by atoms with Gasteiger partial charge in [0.05, 0.1) is 14.9 Å². The molecule has 10 heteroatoms. The molecule has 0 amide bonds. The SMILES string of the molecule is N#C/C(=C\c1cc(O)c(O)c(Br)c1)S(=O)(=O)c1cccc(C(F)(F)F)c1. The van der Waals surface area contributed by atoms with E-state index in [0.29, 0.717) is 12.1 Å². The molecule has 26 heavy (non-hydrogen) atoms. The Morgan fingerprint density at radius 3 is 2.38 bits per heavy atom. The van der Waals surface area contributed by atoms with Crippen molar-refractivity contribution in [2.45, 2.75) is 11.1 Å². The third kappa shape index (κ3) is 4.00. The van der Waals surface area contributed by atoms with Crippen molar-refractivity contribution in [2.75, 3.05) is 0 Å². The summed E-state index contributed by atoms with van der Waals surface area (Å²) in [5, 5.41) is 28.2. The van der Waals surface area contributed by atoms with E-state index >= 15 is 0 Å². The standard InChI is InChI=1S/C16H9BrF3NO4S/c17-13-5-9(6-14(22)15(13)23)4-12(8-21)26(24,25)11-3-1-2-10(7-11)16(18,19)20/h1-7,22-23H/b12-4+. The molecule has 0 aliphatic heterocycles. The van der Waals surface area contributed by atoms with E-state index in [1.54, 1.807) is 0 Å². The van der Waals surface area contributed by atoms with Crippen molar-refractivity contribution in [1.29, 1.82) is 5.26 Å². The molecule has 2 aromatic carbocycles. The molecule has 0 aliphatic carbocycles. The molecular weight excluding hydrogens is 439 g/mol. The molecule has 5 nitrogen and oxygen atoms in total. The first-order chi connectivity index (χ1) is 12.0. The van der Waals surface area contributed by atoms with Crippen LogP contribution in [0, 0.1) is 11.3 Å². The minimum absolute atomic E-state index is 0.0394. The minimum Gasteiger partial charge on any atom is -0.504 e. The highest BCUT2D eigenvalue weighted by molar-refractivity contribution is 9.10. The molecule has 0 heterocycles. The van der Waals surface area contributed by atoms with E-state index in [1.807, 2.05) is 0 Å². The van der Waals surface area contributed by atoms with Crippen molar-refractivity contribution in [2.24, 2.45) is 0 Å². The summed E-state index contributed by atoms with van der Waals surface area (Å²) in [6, 6.07) is 6.68. The molecule has 2 rings (SSSR count). The molecular formula is C16H9BrF3NO4S. The van der Waals surface area contributed by atoms with Gasteiger partial charge in [-0.15, -0.1) is 0 Å². The monoisotopic (exact) mass is 447 g/mol. The summed E-state index contributed by atoms with van der Waals surface area (Å²) in [7, 11) is -4.53. The zero-order chi connectivity index (χ0) is 19.7. The van der Waals surface area contributed by atoms with Crippen LogP contribution in [0.5, 0.6) is 11.5 Å². The Hall–Kier alpha value is -2.51. The third-order valence-electron chi connectivity index (χ3n) is 3.23. The number of rotatable bonds is 3. The van der Waals surface area contributed by atoms with Crippen molar-refractivity contribution in [3.63, 3.8) is 0 Å². The lowest BCUT2D eigenvalue weighted by Crippen LogP contribution is -2.08. The predicted molar refractivity (Wildman–Crippen MR) is 89.7 cm³/mol. The van der Waals surface area contributed by atoms with Gasteiger partial charge in [0.2, 0.25) is 9.84 Å². The van der Waals surface area contributed by atoms with Gasteiger partial charge in [-0.1, -0.05) is 6.07 Å². The average molecular weight is 448 g/mol. The molecule has 0 spiro atoms. The number of sulfone groups is 1. The molecule has 0 aliphatic rings. The highest BCUT2D eigenvalue weighted by Crippen LogP contribution is 2.36. The highest BCUT2D eigenvalue weighted by atomic mass is 79.9. The fourth-order valence-electron chi connectivity index (χ4n) is 1.98. The maximum absolute atomic E-state index is 12.8. The summed E-state index contributed by atoms with van der Waals surface area (Å²) in [4.78, 5) is -1.52. The second-order valence-corrected chi connectivity index (χ2v) is 7.79. The number of hydrogen-bond donors (Lipinski definition) is 2. The Balaban J connectivity index is 2.58. The Morgan fingerprint density at radius 2 is 1.85 bits per heavy atom. The van der Waals surface area contributed by atoms with Crippen LogP contribution in [-0.4, -0.2) is 18.6 Å². The lowest BCUT2D eigenvalue weighted by molar-refractivity contribution is -0.137. The molecule has 2 N–H and O–H groups in total. The van der Waals surface area contributed by atoms with Crippen LogP contribution in [0.2, 0.25) is 0 Å². The van der Waals surface area contributed by atoms with E-state index < -0.39 is 42.9 Å². The number of phenols is 2. The maximum Gasteiger partial charge on any atom is 0.416 e. The fraction of sp³-hybridized carbons (Fsp3) is 0.0625. The van der Waals surface area contributed by atoms with Gasteiger partial charge in [0, 0.05) is 0 Å². The van der Waals surface area contributed by atoms with Crippen LogP contribution in [0.3, 0.4) is 0 Å². The Labute approximate surface area is 154 Å². The molecule has 0 bridgehead atoms. The van der Waals surface area contributed by atoms with Crippen molar-refractivity contribution >= 4 is 31.8 Å². The van der Waals surface area contributed by atoms with Gasteiger partial charge in [-0.3, -0.25) is 0 Å². The molecule has 136 valence electrons. The summed E-state index contributed by atoms with van der Waals surface area (Å²) in [6.45, 7) is 0. The van der Waals surface area contributed by atoms with Crippen LogP contribution in [0.15, 0.2) is 50.7 Å². The quantitative estimate of drug-likeness (QED) is 0.542. The van der Waals surface area contributed by atoms with Crippen LogP contribution >= 0.6 is 15.9 Å². The summed E-state index contributed by atoms with van der Waals surface area (Å²) in [5.41, 5.74) is -1.12. The topological polar surface area (TPSA) is 98.4 Å². The summed E-state index contributed by atoms with van der Waals surface area (Å²) in [6.07, 6.45) is -3.87. The van der Waals surface area contributed by atoms with Crippen molar-refractivity contribution in [3.05, 3.63) is 56.9 Å². The van der Waals surface area contributed by atoms with Crippen LogP contribution in [-0.2, 0) is 16.0 Å². The molecule has 0 unspecified atom stereocenters.